The Morgan fingerprint density at radius 3 is 2.58 bits per heavy atom. The first-order valence-electron chi connectivity index (χ1n) is 7.08. The first kappa shape index (κ1) is 15.6. The molecule has 3 aromatic rings. The van der Waals surface area contributed by atoms with E-state index in [9.17, 15) is 13.6 Å². The van der Waals surface area contributed by atoms with Gasteiger partial charge in [-0.25, -0.2) is 8.78 Å². The van der Waals surface area contributed by atoms with Crippen molar-refractivity contribution in [2.24, 2.45) is 0 Å². The van der Waals surface area contributed by atoms with E-state index >= 15 is 0 Å². The molecule has 0 atom stereocenters. The van der Waals surface area contributed by atoms with Gasteiger partial charge in [-0.1, -0.05) is 35.5 Å². The van der Waals surface area contributed by atoms with Gasteiger partial charge in [-0.15, -0.1) is 0 Å². The third kappa shape index (κ3) is 3.73. The molecular formula is C18H12F2N2O2. The van der Waals surface area contributed by atoms with Crippen LogP contribution in [0.2, 0.25) is 0 Å². The van der Waals surface area contributed by atoms with Crippen LogP contribution in [0.3, 0.4) is 0 Å². The predicted octanol–water partition coefficient (Wildman–Crippen LogP) is 4.27. The van der Waals surface area contributed by atoms with Gasteiger partial charge in [-0.2, -0.15) is 0 Å². The van der Waals surface area contributed by atoms with Crippen molar-refractivity contribution in [1.29, 1.82) is 0 Å². The maximum atomic E-state index is 13.2. The number of rotatable bonds is 4. The molecule has 120 valence electrons. The summed E-state index contributed by atoms with van der Waals surface area (Å²) in [5, 5.41) is 6.23. The molecule has 3 rings (SSSR count). The van der Waals surface area contributed by atoms with E-state index < -0.39 is 17.5 Å². The summed E-state index contributed by atoms with van der Waals surface area (Å²) in [7, 11) is 0. The van der Waals surface area contributed by atoms with E-state index in [2.05, 4.69) is 10.5 Å². The van der Waals surface area contributed by atoms with Crippen molar-refractivity contribution >= 4 is 17.9 Å². The number of carbonyl (C=O) groups excluding carboxylic acids is 1. The van der Waals surface area contributed by atoms with E-state index in [0.29, 0.717) is 5.56 Å². The molecule has 0 bridgehead atoms. The summed E-state index contributed by atoms with van der Waals surface area (Å²) in [4.78, 5) is 11.8. The highest BCUT2D eigenvalue weighted by Crippen LogP contribution is 2.23. The van der Waals surface area contributed by atoms with Crippen LogP contribution in [0.25, 0.3) is 17.3 Å². The molecular weight excluding hydrogens is 314 g/mol. The molecule has 0 saturated carbocycles. The molecule has 1 amide bonds. The molecule has 0 spiro atoms. The molecule has 2 aromatic carbocycles. The maximum Gasteiger partial charge on any atom is 0.250 e. The number of hydrogen-bond donors (Lipinski definition) is 1. The van der Waals surface area contributed by atoms with Crippen molar-refractivity contribution < 1.29 is 18.1 Å². The monoisotopic (exact) mass is 326 g/mol. The van der Waals surface area contributed by atoms with E-state index in [1.54, 1.807) is 6.08 Å². The molecule has 6 heteroatoms. The predicted molar refractivity (Wildman–Crippen MR) is 86.0 cm³/mol. The van der Waals surface area contributed by atoms with Crippen LogP contribution < -0.4 is 5.32 Å². The van der Waals surface area contributed by atoms with Crippen LogP contribution in [0.4, 0.5) is 14.7 Å². The lowest BCUT2D eigenvalue weighted by molar-refractivity contribution is -0.112. The Kier molecular flexibility index (Phi) is 4.47. The molecule has 1 heterocycles. The van der Waals surface area contributed by atoms with Gasteiger partial charge in [0.15, 0.2) is 11.6 Å². The first-order valence-corrected chi connectivity index (χ1v) is 7.08. The number of hydrogen-bond acceptors (Lipinski definition) is 3. The lowest BCUT2D eigenvalue weighted by Crippen LogP contribution is -2.06. The Morgan fingerprint density at radius 2 is 1.83 bits per heavy atom. The summed E-state index contributed by atoms with van der Waals surface area (Å²) >= 11 is 0. The second kappa shape index (κ2) is 6.87. The second-order valence-electron chi connectivity index (χ2n) is 4.94. The Hall–Kier alpha value is -3.28. The fourth-order valence-electron chi connectivity index (χ4n) is 2.02. The molecule has 0 aliphatic heterocycles. The summed E-state index contributed by atoms with van der Waals surface area (Å²) in [6.07, 6.45) is 3.01. The van der Waals surface area contributed by atoms with Gasteiger partial charge in [0.2, 0.25) is 5.88 Å². The topological polar surface area (TPSA) is 55.1 Å². The fourth-order valence-corrected chi connectivity index (χ4v) is 2.02. The van der Waals surface area contributed by atoms with Crippen molar-refractivity contribution in [3.8, 4) is 11.3 Å². The van der Waals surface area contributed by atoms with Crippen LogP contribution >= 0.6 is 0 Å². The summed E-state index contributed by atoms with van der Waals surface area (Å²) in [5.74, 6) is -2.21. The van der Waals surface area contributed by atoms with E-state index in [1.807, 2.05) is 30.3 Å². The van der Waals surface area contributed by atoms with Gasteiger partial charge in [0.05, 0.1) is 0 Å². The standard InChI is InChI=1S/C18H12F2N2O2/c19-14-8-7-13(10-15(14)20)16-11-18(24-22-16)21-17(23)9-6-12-4-2-1-3-5-12/h1-11H,(H,21,23). The average molecular weight is 326 g/mol. The summed E-state index contributed by atoms with van der Waals surface area (Å²) in [6, 6.07) is 14.1. The molecule has 4 nitrogen and oxygen atoms in total. The zero-order valence-electron chi connectivity index (χ0n) is 12.4. The number of halogens is 2. The minimum atomic E-state index is -0.980. The van der Waals surface area contributed by atoms with Crippen LogP contribution in [0.5, 0.6) is 0 Å². The second-order valence-corrected chi connectivity index (χ2v) is 4.94. The van der Waals surface area contributed by atoms with Gasteiger partial charge < -0.3 is 4.52 Å². The third-order valence-electron chi connectivity index (χ3n) is 3.20. The number of nitrogens with zero attached hydrogens (tertiary/aromatic N) is 1. The Morgan fingerprint density at radius 1 is 1.04 bits per heavy atom. The van der Waals surface area contributed by atoms with Crippen LogP contribution in [0, 0.1) is 11.6 Å². The highest BCUT2D eigenvalue weighted by atomic mass is 19.2. The highest BCUT2D eigenvalue weighted by Gasteiger charge is 2.10. The number of benzene rings is 2. The third-order valence-corrected chi connectivity index (χ3v) is 3.20. The molecule has 1 N–H and O–H groups in total. The van der Waals surface area contributed by atoms with Crippen LogP contribution in [0.15, 0.2) is 65.2 Å². The Balaban J connectivity index is 1.68. The van der Waals surface area contributed by atoms with Gasteiger partial charge in [-0.05, 0) is 29.8 Å². The largest absolute Gasteiger partial charge is 0.338 e. The number of nitrogens with one attached hydrogen (secondary N) is 1. The van der Waals surface area contributed by atoms with Gasteiger partial charge in [0, 0.05) is 17.7 Å². The molecule has 1 aromatic heterocycles. The highest BCUT2D eigenvalue weighted by molar-refractivity contribution is 6.01. The van der Waals surface area contributed by atoms with Gasteiger partial charge in [0.1, 0.15) is 5.69 Å². The molecule has 24 heavy (non-hydrogen) atoms. The minimum absolute atomic E-state index is 0.109. The number of anilines is 1. The van der Waals surface area contributed by atoms with E-state index in [0.717, 1.165) is 17.7 Å². The normalized spacial score (nSPS) is 10.9. The summed E-state index contributed by atoms with van der Waals surface area (Å²) in [5.41, 5.74) is 1.52. The number of aromatic nitrogens is 1. The minimum Gasteiger partial charge on any atom is -0.338 e. The van der Waals surface area contributed by atoms with Crippen molar-refractivity contribution in [1.82, 2.24) is 5.16 Å². The van der Waals surface area contributed by atoms with Crippen molar-refractivity contribution in [2.45, 2.75) is 0 Å². The van der Waals surface area contributed by atoms with Crippen molar-refractivity contribution in [2.75, 3.05) is 5.32 Å². The Labute approximate surface area is 136 Å². The zero-order chi connectivity index (χ0) is 16.9. The van der Waals surface area contributed by atoms with Crippen molar-refractivity contribution in [3.63, 3.8) is 0 Å². The molecule has 0 aliphatic carbocycles. The average Bonchev–Trinajstić information content (AvgIpc) is 3.05. The quantitative estimate of drug-likeness (QED) is 0.728. The lowest BCUT2D eigenvalue weighted by Gasteiger charge is -1.96. The number of amides is 1. The Bertz CT molecular complexity index is 889. The fraction of sp³-hybridized carbons (Fsp3) is 0. The summed E-state index contributed by atoms with van der Waals surface area (Å²) < 4.78 is 31.1. The SMILES string of the molecule is O=C(C=Cc1ccccc1)Nc1cc(-c2ccc(F)c(F)c2)no1. The van der Waals surface area contributed by atoms with Crippen LogP contribution in [0.1, 0.15) is 5.56 Å². The van der Waals surface area contributed by atoms with E-state index in [4.69, 9.17) is 4.52 Å². The first-order chi connectivity index (χ1) is 11.6. The van der Waals surface area contributed by atoms with Gasteiger partial charge in [0.25, 0.3) is 5.91 Å². The maximum absolute atomic E-state index is 13.2. The molecule has 0 saturated heterocycles. The molecule has 0 unspecified atom stereocenters. The molecule has 0 fully saturated rings. The smallest absolute Gasteiger partial charge is 0.250 e. The van der Waals surface area contributed by atoms with Crippen LogP contribution in [-0.4, -0.2) is 11.1 Å². The van der Waals surface area contributed by atoms with Gasteiger partial charge in [-0.3, -0.25) is 10.1 Å². The zero-order valence-corrected chi connectivity index (χ0v) is 12.4. The molecule has 0 radical (unpaired) electrons. The van der Waals surface area contributed by atoms with Crippen molar-refractivity contribution in [3.05, 3.63) is 77.9 Å². The lowest BCUT2D eigenvalue weighted by atomic mass is 10.1. The van der Waals surface area contributed by atoms with E-state index in [1.165, 1.54) is 18.2 Å². The molecule has 0 aliphatic rings. The van der Waals surface area contributed by atoms with Gasteiger partial charge >= 0.3 is 0 Å². The number of carbonyl (C=O) groups is 1. The van der Waals surface area contributed by atoms with Crippen LogP contribution in [-0.2, 0) is 4.79 Å². The summed E-state index contributed by atoms with van der Waals surface area (Å²) in [6.45, 7) is 0. The van der Waals surface area contributed by atoms with E-state index in [-0.39, 0.29) is 11.6 Å².